The highest BCUT2D eigenvalue weighted by Gasteiger charge is 2.79. The number of halogens is 3. The lowest BCUT2D eigenvalue weighted by molar-refractivity contribution is -0.337. The van der Waals surface area contributed by atoms with Crippen molar-refractivity contribution in [2.24, 2.45) is 5.41 Å². The summed E-state index contributed by atoms with van der Waals surface area (Å²) in [4.78, 5) is 23.8. The van der Waals surface area contributed by atoms with E-state index in [1.54, 1.807) is 6.20 Å². The second-order valence-electron chi connectivity index (χ2n) is 12.4. The monoisotopic (exact) mass is 575 g/mol. The number of nitrogens with zero attached hydrogens (tertiary/aromatic N) is 5. The molecule has 4 fully saturated rings. The maximum Gasteiger partial charge on any atom is 0.394 e. The van der Waals surface area contributed by atoms with Crippen LogP contribution >= 0.6 is 0 Å². The largest absolute Gasteiger partial charge is 0.473 e. The average Bonchev–Trinajstić information content (AvgIpc) is 2.91. The number of pyridine rings is 1. The van der Waals surface area contributed by atoms with E-state index in [0.29, 0.717) is 48.0 Å². The molecule has 1 unspecified atom stereocenters. The van der Waals surface area contributed by atoms with Crippen LogP contribution in [0, 0.1) is 19.3 Å². The first kappa shape index (κ1) is 27.2. The summed E-state index contributed by atoms with van der Waals surface area (Å²) in [6.07, 6.45) is -1.22. The molecule has 4 aliphatic rings. The van der Waals surface area contributed by atoms with Crippen LogP contribution in [0.1, 0.15) is 85.1 Å². The van der Waals surface area contributed by atoms with Crippen LogP contribution in [0.4, 0.5) is 13.2 Å². The van der Waals surface area contributed by atoms with Crippen molar-refractivity contribution in [2.75, 3.05) is 0 Å². The summed E-state index contributed by atoms with van der Waals surface area (Å²) in [7, 11) is 0. The van der Waals surface area contributed by atoms with E-state index in [-0.39, 0.29) is 37.4 Å². The molecule has 3 atom stereocenters. The molecule has 2 bridgehead atoms. The number of hydrogen-bond acceptors (Lipinski definition) is 7. The van der Waals surface area contributed by atoms with E-state index in [1.807, 2.05) is 63.2 Å². The van der Waals surface area contributed by atoms with Gasteiger partial charge in [-0.05, 0) is 70.1 Å². The van der Waals surface area contributed by atoms with Gasteiger partial charge in [0, 0.05) is 23.6 Å². The normalized spacial score (nSPS) is 28.7. The number of fused-ring (bicyclic) bond motifs is 1. The minimum absolute atomic E-state index is 0.0526. The number of hydrogen-bond donors (Lipinski definition) is 0. The van der Waals surface area contributed by atoms with E-state index in [0.717, 1.165) is 22.5 Å². The molecule has 0 amide bonds. The number of ether oxygens (including phenoxy) is 2. The van der Waals surface area contributed by atoms with Gasteiger partial charge in [0.05, 0.1) is 34.7 Å². The van der Waals surface area contributed by atoms with E-state index in [2.05, 4.69) is 4.98 Å². The molecular weight excluding hydrogens is 543 g/mol. The van der Waals surface area contributed by atoms with Crippen LogP contribution in [0.3, 0.4) is 0 Å². The molecule has 218 valence electrons. The number of alkyl halides is 3. The molecule has 0 N–H and O–H groups in total. The second-order valence-corrected chi connectivity index (χ2v) is 12.4. The van der Waals surface area contributed by atoms with Crippen LogP contribution in [0.25, 0.3) is 11.2 Å². The fraction of sp³-hybridized carbons (Fsp3) is 0.469. The number of aromatic nitrogens is 5. The Morgan fingerprint density at radius 2 is 1.67 bits per heavy atom. The Balaban J connectivity index is 1.15. The summed E-state index contributed by atoms with van der Waals surface area (Å²) in [6, 6.07) is 13.7. The average molecular weight is 576 g/mol. The van der Waals surface area contributed by atoms with Crippen LogP contribution < -0.4 is 4.74 Å². The Bertz CT molecular complexity index is 1620. The number of aryl methyl sites for hydroxylation is 2. The van der Waals surface area contributed by atoms with Crippen LogP contribution in [-0.2, 0) is 16.8 Å². The molecule has 3 aromatic heterocycles. The van der Waals surface area contributed by atoms with Crippen LogP contribution in [0.15, 0.2) is 48.7 Å². The minimum Gasteiger partial charge on any atom is -0.473 e. The Kier molecular flexibility index (Phi) is 6.27. The fourth-order valence-electron chi connectivity index (χ4n) is 6.99. The van der Waals surface area contributed by atoms with Gasteiger partial charge in [0.1, 0.15) is 17.9 Å². The minimum atomic E-state index is -4.20. The van der Waals surface area contributed by atoms with Crippen molar-refractivity contribution < 1.29 is 22.6 Å². The van der Waals surface area contributed by atoms with Crippen molar-refractivity contribution in [1.82, 2.24) is 24.9 Å². The molecule has 42 heavy (non-hydrogen) atoms. The molecule has 3 saturated carbocycles. The smallest absolute Gasteiger partial charge is 0.394 e. The lowest BCUT2D eigenvalue weighted by Crippen LogP contribution is -2.70. The first-order valence-corrected chi connectivity index (χ1v) is 14.4. The summed E-state index contributed by atoms with van der Waals surface area (Å²) in [5.74, 6) is 1.09. The van der Waals surface area contributed by atoms with Gasteiger partial charge in [0.25, 0.3) is 0 Å². The lowest BCUT2D eigenvalue weighted by atomic mass is 9.34. The maximum atomic E-state index is 13.7. The molecule has 1 saturated heterocycles. The molecule has 10 heteroatoms. The summed E-state index contributed by atoms with van der Waals surface area (Å²) in [5.41, 5.74) is 2.90. The standard InChI is InChI=1S/C32H32F3N5O2/c1-18-11-23(12-24(42-18)22-9-10-25(36-13-22)41-14-21-7-5-4-6-8-21)28-39-27(26-29(40-28)38-20(3)19(2)37-26)30-15-31(16-30,17-30)32(33,34)35/h4-10,13,18,23-24H,11-12,14-17H2,1-3H3/t18-,23?,24-,30?,31?/m1/s1. The Morgan fingerprint density at radius 3 is 2.36 bits per heavy atom. The predicted molar refractivity (Wildman–Crippen MR) is 149 cm³/mol. The van der Waals surface area contributed by atoms with Crippen molar-refractivity contribution in [2.45, 2.75) is 89.2 Å². The quantitative estimate of drug-likeness (QED) is 0.244. The third kappa shape index (κ3) is 4.51. The lowest BCUT2D eigenvalue weighted by Gasteiger charge is -2.70. The molecule has 1 aliphatic heterocycles. The highest BCUT2D eigenvalue weighted by molar-refractivity contribution is 5.75. The summed E-state index contributed by atoms with van der Waals surface area (Å²) in [6.45, 7) is 6.18. The SMILES string of the molecule is Cc1nc2nc(C3C[C@@H](C)O[C@@H](c4ccc(OCc5ccccc5)nc4)C3)nc(C34CC(C(F)(F)F)(C3)C4)c2nc1C. The zero-order valence-corrected chi connectivity index (χ0v) is 23.8. The second kappa shape index (κ2) is 9.69. The third-order valence-electron chi connectivity index (χ3n) is 9.33. The first-order chi connectivity index (χ1) is 20.0. The summed E-state index contributed by atoms with van der Waals surface area (Å²) in [5, 5.41) is 0. The Morgan fingerprint density at radius 1 is 0.929 bits per heavy atom. The van der Waals surface area contributed by atoms with Crippen molar-refractivity contribution in [3.63, 3.8) is 0 Å². The topological polar surface area (TPSA) is 82.9 Å². The van der Waals surface area contributed by atoms with Gasteiger partial charge >= 0.3 is 6.18 Å². The molecule has 1 aromatic carbocycles. The van der Waals surface area contributed by atoms with E-state index in [4.69, 9.17) is 29.4 Å². The van der Waals surface area contributed by atoms with E-state index >= 15 is 0 Å². The van der Waals surface area contributed by atoms with Gasteiger partial charge < -0.3 is 9.47 Å². The predicted octanol–water partition coefficient (Wildman–Crippen LogP) is 7.02. The highest BCUT2D eigenvalue weighted by Crippen LogP contribution is 2.78. The van der Waals surface area contributed by atoms with Crippen molar-refractivity contribution >= 4 is 11.2 Å². The molecule has 7 nitrogen and oxygen atoms in total. The van der Waals surface area contributed by atoms with Crippen LogP contribution in [0.5, 0.6) is 5.88 Å². The van der Waals surface area contributed by atoms with Gasteiger partial charge in [0.2, 0.25) is 5.88 Å². The number of benzene rings is 1. The highest BCUT2D eigenvalue weighted by atomic mass is 19.4. The first-order valence-electron chi connectivity index (χ1n) is 14.4. The van der Waals surface area contributed by atoms with E-state index in [9.17, 15) is 13.2 Å². The zero-order valence-electron chi connectivity index (χ0n) is 23.8. The molecule has 4 aromatic rings. The van der Waals surface area contributed by atoms with Gasteiger partial charge in [-0.1, -0.05) is 30.3 Å². The van der Waals surface area contributed by atoms with Gasteiger partial charge in [-0.25, -0.2) is 24.9 Å². The molecule has 4 heterocycles. The molecule has 0 radical (unpaired) electrons. The van der Waals surface area contributed by atoms with Crippen molar-refractivity contribution in [1.29, 1.82) is 0 Å². The summed E-state index contributed by atoms with van der Waals surface area (Å²) < 4.78 is 53.3. The molecule has 0 spiro atoms. The Labute approximate surface area is 242 Å². The van der Waals surface area contributed by atoms with Crippen molar-refractivity contribution in [3.05, 3.63) is 82.7 Å². The fourth-order valence-corrected chi connectivity index (χ4v) is 6.99. The van der Waals surface area contributed by atoms with E-state index < -0.39 is 17.0 Å². The maximum absolute atomic E-state index is 13.7. The third-order valence-corrected chi connectivity index (χ3v) is 9.33. The summed E-state index contributed by atoms with van der Waals surface area (Å²) >= 11 is 0. The van der Waals surface area contributed by atoms with Gasteiger partial charge in [-0.3, -0.25) is 0 Å². The van der Waals surface area contributed by atoms with Gasteiger partial charge in [-0.15, -0.1) is 0 Å². The molecular formula is C32H32F3N5O2. The van der Waals surface area contributed by atoms with E-state index in [1.165, 1.54) is 0 Å². The van der Waals surface area contributed by atoms with Gasteiger partial charge in [0.15, 0.2) is 5.65 Å². The number of rotatable bonds is 6. The van der Waals surface area contributed by atoms with Crippen LogP contribution in [0.2, 0.25) is 0 Å². The zero-order chi connectivity index (χ0) is 29.3. The van der Waals surface area contributed by atoms with Crippen LogP contribution in [-0.4, -0.2) is 37.2 Å². The van der Waals surface area contributed by atoms with Crippen molar-refractivity contribution in [3.8, 4) is 5.88 Å². The Hall–Kier alpha value is -3.66. The van der Waals surface area contributed by atoms with Gasteiger partial charge in [-0.2, -0.15) is 13.2 Å². The molecule has 3 aliphatic carbocycles. The molecule has 8 rings (SSSR count).